The first-order chi connectivity index (χ1) is 5.24. The van der Waals surface area contributed by atoms with Crippen LogP contribution in [0.15, 0.2) is 6.08 Å². The highest BCUT2D eigenvalue weighted by molar-refractivity contribution is 5.86. The van der Waals surface area contributed by atoms with Crippen molar-refractivity contribution >= 4 is 5.91 Å². The van der Waals surface area contributed by atoms with Gasteiger partial charge in [0, 0.05) is 32.3 Å². The molecule has 0 spiro atoms. The maximum Gasteiger partial charge on any atom is 0.246 e. The Hall–Kier alpha value is -0.830. The molecule has 61 valence electrons. The van der Waals surface area contributed by atoms with Crippen LogP contribution in [0.2, 0.25) is 0 Å². The molecule has 0 aromatic carbocycles. The van der Waals surface area contributed by atoms with Crippen LogP contribution in [0.4, 0.5) is 0 Å². The van der Waals surface area contributed by atoms with E-state index in [0.717, 1.165) is 32.3 Å². The molecule has 0 unspecified atom stereocenters. The van der Waals surface area contributed by atoms with Crippen molar-refractivity contribution in [1.82, 2.24) is 9.80 Å². The van der Waals surface area contributed by atoms with Crippen molar-refractivity contribution in [3.63, 3.8) is 0 Å². The fourth-order valence-electron chi connectivity index (χ4n) is 1.13. The minimum absolute atomic E-state index is 0.0573. The minimum atomic E-state index is -0.0573. The van der Waals surface area contributed by atoms with Crippen molar-refractivity contribution < 1.29 is 4.79 Å². The van der Waals surface area contributed by atoms with Gasteiger partial charge in [-0.15, -0.1) is 0 Å². The van der Waals surface area contributed by atoms with Crippen molar-refractivity contribution in [1.29, 1.82) is 0 Å². The van der Waals surface area contributed by atoms with Gasteiger partial charge >= 0.3 is 0 Å². The van der Waals surface area contributed by atoms with Gasteiger partial charge in [-0.3, -0.25) is 4.79 Å². The lowest BCUT2D eigenvalue weighted by molar-refractivity contribution is -0.127. The maximum atomic E-state index is 11.0. The van der Waals surface area contributed by atoms with Gasteiger partial charge in [0.25, 0.3) is 0 Å². The molecular weight excluding hydrogens is 140 g/mol. The van der Waals surface area contributed by atoms with Gasteiger partial charge in [0.1, 0.15) is 0 Å². The highest BCUT2D eigenvalue weighted by atomic mass is 16.2. The van der Waals surface area contributed by atoms with Crippen molar-refractivity contribution in [2.45, 2.75) is 0 Å². The Balaban J connectivity index is 2.38. The number of amides is 1. The van der Waals surface area contributed by atoms with E-state index in [1.807, 2.05) is 7.05 Å². The predicted molar refractivity (Wildman–Crippen MR) is 42.9 cm³/mol. The van der Waals surface area contributed by atoms with Crippen LogP contribution in [0, 0.1) is 6.58 Å². The van der Waals surface area contributed by atoms with Crippen LogP contribution in [0.3, 0.4) is 0 Å². The van der Waals surface area contributed by atoms with Crippen LogP contribution in [-0.2, 0) is 4.79 Å². The summed E-state index contributed by atoms with van der Waals surface area (Å²) >= 11 is 0. The Morgan fingerprint density at radius 3 is 2.36 bits per heavy atom. The average molecular weight is 153 g/mol. The molecule has 3 nitrogen and oxygen atoms in total. The smallest absolute Gasteiger partial charge is 0.246 e. The standard InChI is InChI=1S/C8H13N2O/c1-3-8(11)10-6-4-9(2)5-7-10/h1,3H,4-7H2,2H3. The molecule has 1 amide bonds. The van der Waals surface area contributed by atoms with Crippen molar-refractivity contribution in [3.05, 3.63) is 12.7 Å². The third-order valence-electron chi connectivity index (χ3n) is 1.96. The fourth-order valence-corrected chi connectivity index (χ4v) is 1.13. The number of carbonyl (C=O) groups is 1. The third-order valence-corrected chi connectivity index (χ3v) is 1.96. The average Bonchev–Trinajstić information content (AvgIpc) is 2.05. The molecule has 1 saturated heterocycles. The highest BCUT2D eigenvalue weighted by Crippen LogP contribution is 1.99. The number of hydrogen-bond donors (Lipinski definition) is 0. The van der Waals surface area contributed by atoms with Crippen LogP contribution >= 0.6 is 0 Å². The lowest BCUT2D eigenvalue weighted by Gasteiger charge is -2.31. The Kier molecular flexibility index (Phi) is 2.65. The molecule has 1 aliphatic rings. The first kappa shape index (κ1) is 8.27. The molecular formula is C8H13N2O. The van der Waals surface area contributed by atoms with Gasteiger partial charge in [0.15, 0.2) is 0 Å². The Bertz CT molecular complexity index is 159. The molecule has 0 atom stereocenters. The zero-order valence-electron chi connectivity index (χ0n) is 6.79. The van der Waals surface area contributed by atoms with E-state index < -0.39 is 0 Å². The molecule has 11 heavy (non-hydrogen) atoms. The first-order valence-corrected chi connectivity index (χ1v) is 3.76. The summed E-state index contributed by atoms with van der Waals surface area (Å²) in [5.41, 5.74) is 0. The molecule has 3 heteroatoms. The van der Waals surface area contributed by atoms with Gasteiger partial charge in [0.2, 0.25) is 5.91 Å². The van der Waals surface area contributed by atoms with Crippen LogP contribution in [0.25, 0.3) is 0 Å². The van der Waals surface area contributed by atoms with E-state index in [9.17, 15) is 4.79 Å². The summed E-state index contributed by atoms with van der Waals surface area (Å²) in [7, 11) is 2.05. The molecule has 0 bridgehead atoms. The fraction of sp³-hybridized carbons (Fsp3) is 0.625. The Morgan fingerprint density at radius 1 is 1.36 bits per heavy atom. The predicted octanol–water partition coefficient (Wildman–Crippen LogP) is -0.250. The number of rotatable bonds is 1. The molecule has 1 rings (SSSR count). The molecule has 0 aliphatic carbocycles. The molecule has 0 aromatic heterocycles. The first-order valence-electron chi connectivity index (χ1n) is 3.76. The SMILES string of the molecule is [CH]=CC(=O)N1CCN(C)CC1. The summed E-state index contributed by atoms with van der Waals surface area (Å²) in [6.45, 7) is 8.59. The van der Waals surface area contributed by atoms with Gasteiger partial charge < -0.3 is 9.80 Å². The van der Waals surface area contributed by atoms with Gasteiger partial charge in [-0.25, -0.2) is 0 Å². The second kappa shape index (κ2) is 3.53. The summed E-state index contributed by atoms with van der Waals surface area (Å²) in [4.78, 5) is 15.0. The summed E-state index contributed by atoms with van der Waals surface area (Å²) in [5, 5.41) is 0. The van der Waals surface area contributed by atoms with E-state index in [1.54, 1.807) is 4.90 Å². The van der Waals surface area contributed by atoms with Gasteiger partial charge in [-0.05, 0) is 7.05 Å². The normalized spacial score (nSPS) is 19.9. The summed E-state index contributed by atoms with van der Waals surface area (Å²) in [6.07, 6.45) is 1.13. The number of carbonyl (C=O) groups excluding carboxylic acids is 1. The minimum Gasteiger partial charge on any atom is -0.337 e. The van der Waals surface area contributed by atoms with E-state index in [2.05, 4.69) is 4.90 Å². The van der Waals surface area contributed by atoms with Gasteiger partial charge in [-0.1, -0.05) is 6.58 Å². The van der Waals surface area contributed by atoms with E-state index in [0.29, 0.717) is 0 Å². The molecule has 0 aromatic rings. The molecule has 1 fully saturated rings. The van der Waals surface area contributed by atoms with Crippen molar-refractivity contribution in [2.75, 3.05) is 33.2 Å². The van der Waals surface area contributed by atoms with E-state index in [4.69, 9.17) is 6.58 Å². The van der Waals surface area contributed by atoms with E-state index in [1.165, 1.54) is 0 Å². The number of nitrogens with zero attached hydrogens (tertiary/aromatic N) is 2. The van der Waals surface area contributed by atoms with Gasteiger partial charge in [-0.2, -0.15) is 0 Å². The summed E-state index contributed by atoms with van der Waals surface area (Å²) in [6, 6.07) is 0. The molecule has 1 radical (unpaired) electrons. The number of hydrogen-bond acceptors (Lipinski definition) is 2. The Morgan fingerprint density at radius 2 is 1.91 bits per heavy atom. The molecule has 0 saturated carbocycles. The number of piperazine rings is 1. The van der Waals surface area contributed by atoms with Gasteiger partial charge in [0.05, 0.1) is 0 Å². The molecule has 1 aliphatic heterocycles. The zero-order chi connectivity index (χ0) is 8.27. The van der Waals surface area contributed by atoms with E-state index in [-0.39, 0.29) is 5.91 Å². The van der Waals surface area contributed by atoms with E-state index >= 15 is 0 Å². The maximum absolute atomic E-state index is 11.0. The van der Waals surface area contributed by atoms with Crippen LogP contribution < -0.4 is 0 Å². The molecule has 1 heterocycles. The van der Waals surface area contributed by atoms with Crippen molar-refractivity contribution in [2.24, 2.45) is 0 Å². The summed E-state index contributed by atoms with van der Waals surface area (Å²) in [5.74, 6) is -0.0573. The van der Waals surface area contributed by atoms with Crippen molar-refractivity contribution in [3.8, 4) is 0 Å². The van der Waals surface area contributed by atoms with Crippen LogP contribution in [0.5, 0.6) is 0 Å². The second-order valence-electron chi connectivity index (χ2n) is 2.80. The third kappa shape index (κ3) is 2.05. The quantitative estimate of drug-likeness (QED) is 0.485. The summed E-state index contributed by atoms with van der Waals surface area (Å²) < 4.78 is 0. The van der Waals surface area contributed by atoms with Crippen LogP contribution in [0.1, 0.15) is 0 Å². The lowest BCUT2D eigenvalue weighted by atomic mass is 10.3. The monoisotopic (exact) mass is 153 g/mol. The zero-order valence-corrected chi connectivity index (χ0v) is 6.79. The topological polar surface area (TPSA) is 23.6 Å². The number of likely N-dealkylation sites (N-methyl/N-ethyl adjacent to an activating group) is 1. The second-order valence-corrected chi connectivity index (χ2v) is 2.80. The lowest BCUT2D eigenvalue weighted by Crippen LogP contribution is -2.46. The largest absolute Gasteiger partial charge is 0.337 e. The van der Waals surface area contributed by atoms with Crippen LogP contribution in [-0.4, -0.2) is 48.9 Å². The Labute approximate surface area is 67.3 Å². The molecule has 0 N–H and O–H groups in total. The highest BCUT2D eigenvalue weighted by Gasteiger charge is 2.15.